The number of hydrogen-bond acceptors (Lipinski definition) is 2. The van der Waals surface area contributed by atoms with Gasteiger partial charge in [0.15, 0.2) is 0 Å². The molecule has 0 amide bonds. The van der Waals surface area contributed by atoms with Gasteiger partial charge in [0.25, 0.3) is 0 Å². The zero-order valence-electron chi connectivity index (χ0n) is 7.10. The van der Waals surface area contributed by atoms with Gasteiger partial charge >= 0.3 is 0 Å². The summed E-state index contributed by atoms with van der Waals surface area (Å²) in [6.07, 6.45) is 5.59. The van der Waals surface area contributed by atoms with Crippen LogP contribution in [0.2, 0.25) is 0 Å². The van der Waals surface area contributed by atoms with Crippen LogP contribution in [0.3, 0.4) is 0 Å². The van der Waals surface area contributed by atoms with Crippen molar-refractivity contribution in [1.82, 2.24) is 10.6 Å². The van der Waals surface area contributed by atoms with Gasteiger partial charge in [-0.15, -0.1) is 0 Å². The molecule has 0 aromatic rings. The van der Waals surface area contributed by atoms with E-state index >= 15 is 0 Å². The van der Waals surface area contributed by atoms with Gasteiger partial charge in [-0.25, -0.2) is 0 Å². The van der Waals surface area contributed by atoms with Gasteiger partial charge < -0.3 is 10.6 Å². The molecular weight excluding hydrogens is 136 g/mol. The lowest BCUT2D eigenvalue weighted by Crippen LogP contribution is -2.38. The molecule has 0 radical (unpaired) electrons. The van der Waals surface area contributed by atoms with E-state index < -0.39 is 0 Å². The Morgan fingerprint density at radius 3 is 2.36 bits per heavy atom. The summed E-state index contributed by atoms with van der Waals surface area (Å²) >= 11 is 0. The van der Waals surface area contributed by atoms with Crippen molar-refractivity contribution in [1.29, 1.82) is 0 Å². The van der Waals surface area contributed by atoms with Crippen molar-refractivity contribution in [3.63, 3.8) is 0 Å². The average Bonchev–Trinajstić information content (AvgIpc) is 2.58. The lowest BCUT2D eigenvalue weighted by atomic mass is 9.89. The van der Waals surface area contributed by atoms with Crippen LogP contribution < -0.4 is 10.6 Å². The van der Waals surface area contributed by atoms with Gasteiger partial charge in [-0.1, -0.05) is 0 Å². The summed E-state index contributed by atoms with van der Waals surface area (Å²) in [5.74, 6) is 0.971. The SMILES string of the molecule is C1CN[C@@H](C2CCNCC2)C1. The second-order valence-corrected chi connectivity index (χ2v) is 3.79. The van der Waals surface area contributed by atoms with E-state index in [0.717, 1.165) is 12.0 Å². The summed E-state index contributed by atoms with van der Waals surface area (Å²) in [5, 5.41) is 7.01. The minimum atomic E-state index is 0.858. The molecule has 0 aromatic heterocycles. The van der Waals surface area contributed by atoms with E-state index in [1.54, 1.807) is 0 Å². The Bertz CT molecular complexity index is 113. The molecular formula is C9H18N2. The van der Waals surface area contributed by atoms with Crippen LogP contribution in [0.15, 0.2) is 0 Å². The van der Waals surface area contributed by atoms with E-state index in [4.69, 9.17) is 0 Å². The van der Waals surface area contributed by atoms with E-state index in [9.17, 15) is 0 Å². The number of piperidine rings is 1. The van der Waals surface area contributed by atoms with Crippen LogP contribution >= 0.6 is 0 Å². The zero-order chi connectivity index (χ0) is 7.52. The van der Waals surface area contributed by atoms with Crippen molar-refractivity contribution in [3.8, 4) is 0 Å². The fourth-order valence-corrected chi connectivity index (χ4v) is 2.36. The molecule has 2 nitrogen and oxygen atoms in total. The summed E-state index contributed by atoms with van der Waals surface area (Å²) < 4.78 is 0. The number of nitrogens with one attached hydrogen (secondary N) is 2. The van der Waals surface area contributed by atoms with Crippen LogP contribution in [0.4, 0.5) is 0 Å². The van der Waals surface area contributed by atoms with Crippen LogP contribution in [-0.2, 0) is 0 Å². The van der Waals surface area contributed by atoms with Crippen molar-refractivity contribution < 1.29 is 0 Å². The van der Waals surface area contributed by atoms with Gasteiger partial charge in [-0.2, -0.15) is 0 Å². The lowest BCUT2D eigenvalue weighted by molar-refractivity contribution is 0.300. The van der Waals surface area contributed by atoms with E-state index in [0.29, 0.717) is 0 Å². The van der Waals surface area contributed by atoms with Gasteiger partial charge in [0.05, 0.1) is 0 Å². The Balaban J connectivity index is 1.82. The van der Waals surface area contributed by atoms with Crippen molar-refractivity contribution in [3.05, 3.63) is 0 Å². The van der Waals surface area contributed by atoms with Gasteiger partial charge in [-0.3, -0.25) is 0 Å². The van der Waals surface area contributed by atoms with Crippen LogP contribution in [0.25, 0.3) is 0 Å². The predicted octanol–water partition coefficient (Wildman–Crippen LogP) is 0.738. The van der Waals surface area contributed by atoms with E-state index in [2.05, 4.69) is 10.6 Å². The molecule has 11 heavy (non-hydrogen) atoms. The smallest absolute Gasteiger partial charge is 0.00967 e. The van der Waals surface area contributed by atoms with Crippen LogP contribution in [-0.4, -0.2) is 25.7 Å². The van der Waals surface area contributed by atoms with E-state index in [-0.39, 0.29) is 0 Å². The van der Waals surface area contributed by atoms with Gasteiger partial charge in [0, 0.05) is 6.04 Å². The number of rotatable bonds is 1. The average molecular weight is 154 g/mol. The Labute approximate surface area is 68.7 Å². The standard InChI is InChI=1S/C9H18N2/c1-2-9(11-5-1)8-3-6-10-7-4-8/h8-11H,1-7H2/t9-/m1/s1. The molecule has 64 valence electrons. The molecule has 0 unspecified atom stereocenters. The van der Waals surface area contributed by atoms with Crippen molar-refractivity contribution in [2.75, 3.05) is 19.6 Å². The molecule has 2 aliphatic rings. The Morgan fingerprint density at radius 2 is 1.73 bits per heavy atom. The minimum absolute atomic E-state index is 0.858. The molecule has 2 rings (SSSR count). The molecule has 0 aliphatic carbocycles. The maximum absolute atomic E-state index is 3.60. The molecule has 0 spiro atoms. The van der Waals surface area contributed by atoms with Crippen molar-refractivity contribution >= 4 is 0 Å². The number of hydrogen-bond donors (Lipinski definition) is 2. The highest BCUT2D eigenvalue weighted by Crippen LogP contribution is 2.22. The molecule has 2 fully saturated rings. The third-order valence-electron chi connectivity index (χ3n) is 3.05. The lowest BCUT2D eigenvalue weighted by Gasteiger charge is -2.27. The molecule has 2 heterocycles. The maximum Gasteiger partial charge on any atom is 0.00967 e. The molecule has 0 aromatic carbocycles. The summed E-state index contributed by atoms with van der Waals surface area (Å²) in [6, 6.07) is 0.858. The van der Waals surface area contributed by atoms with Gasteiger partial charge in [0.1, 0.15) is 0 Å². The van der Waals surface area contributed by atoms with Gasteiger partial charge in [-0.05, 0) is 51.2 Å². The Morgan fingerprint density at radius 1 is 0.909 bits per heavy atom. The van der Waals surface area contributed by atoms with Crippen LogP contribution in [0.1, 0.15) is 25.7 Å². The van der Waals surface area contributed by atoms with Gasteiger partial charge in [0.2, 0.25) is 0 Å². The Kier molecular flexibility index (Phi) is 2.44. The normalized spacial score (nSPS) is 34.4. The molecule has 0 bridgehead atoms. The fourth-order valence-electron chi connectivity index (χ4n) is 2.36. The third kappa shape index (κ3) is 1.74. The third-order valence-corrected chi connectivity index (χ3v) is 3.05. The maximum atomic E-state index is 3.60. The van der Waals surface area contributed by atoms with Crippen LogP contribution in [0.5, 0.6) is 0 Å². The fraction of sp³-hybridized carbons (Fsp3) is 1.00. The first-order valence-electron chi connectivity index (χ1n) is 4.91. The summed E-state index contributed by atoms with van der Waals surface area (Å²) in [5.41, 5.74) is 0. The van der Waals surface area contributed by atoms with Crippen molar-refractivity contribution in [2.24, 2.45) is 5.92 Å². The molecule has 2 N–H and O–H groups in total. The minimum Gasteiger partial charge on any atom is -0.317 e. The highest BCUT2D eigenvalue weighted by atomic mass is 15.0. The van der Waals surface area contributed by atoms with Crippen molar-refractivity contribution in [2.45, 2.75) is 31.7 Å². The Hall–Kier alpha value is -0.0800. The molecule has 2 aliphatic heterocycles. The van der Waals surface area contributed by atoms with E-state index in [1.807, 2.05) is 0 Å². The molecule has 0 saturated carbocycles. The molecule has 2 heteroatoms. The quantitative estimate of drug-likeness (QED) is 0.582. The predicted molar refractivity (Wildman–Crippen MR) is 46.6 cm³/mol. The topological polar surface area (TPSA) is 24.1 Å². The van der Waals surface area contributed by atoms with E-state index in [1.165, 1.54) is 45.3 Å². The first-order valence-corrected chi connectivity index (χ1v) is 4.91. The zero-order valence-corrected chi connectivity index (χ0v) is 7.10. The first-order chi connectivity index (χ1) is 5.47. The van der Waals surface area contributed by atoms with Crippen LogP contribution in [0, 0.1) is 5.92 Å². The second-order valence-electron chi connectivity index (χ2n) is 3.79. The monoisotopic (exact) mass is 154 g/mol. The first kappa shape index (κ1) is 7.56. The molecule has 2 saturated heterocycles. The summed E-state index contributed by atoms with van der Waals surface area (Å²) in [7, 11) is 0. The highest BCUT2D eigenvalue weighted by Gasteiger charge is 2.25. The summed E-state index contributed by atoms with van der Waals surface area (Å²) in [6.45, 7) is 3.74. The molecule has 1 atom stereocenters. The highest BCUT2D eigenvalue weighted by molar-refractivity contribution is 4.84. The largest absolute Gasteiger partial charge is 0.317 e. The second kappa shape index (κ2) is 3.55. The summed E-state index contributed by atoms with van der Waals surface area (Å²) in [4.78, 5) is 0.